The Hall–Kier alpha value is -1.20. The zero-order chi connectivity index (χ0) is 11.2. The van der Waals surface area contributed by atoms with Crippen LogP contribution in [0.15, 0.2) is 0 Å². The fourth-order valence-electron chi connectivity index (χ4n) is 1.92. The Labute approximate surface area is 84.2 Å². The lowest BCUT2D eigenvalue weighted by Crippen LogP contribution is -2.45. The van der Waals surface area contributed by atoms with E-state index in [0.717, 1.165) is 12.8 Å². The molecule has 0 aromatic heterocycles. The average Bonchev–Trinajstić information content (AvgIpc) is 2.90. The van der Waals surface area contributed by atoms with E-state index in [1.807, 2.05) is 0 Å². The molecule has 0 amide bonds. The van der Waals surface area contributed by atoms with Crippen molar-refractivity contribution in [2.75, 3.05) is 0 Å². The second-order valence-electron chi connectivity index (χ2n) is 4.06. The number of aliphatic carboxylic acids is 1. The standard InChI is InChI=1S/C9H10F2O4/c10-7(11)9(8(13)14)3-5(4-1-2-4)6(12)15-9/h4-5,7H,1-3H2,(H,13,14). The Bertz CT molecular complexity index is 313. The van der Waals surface area contributed by atoms with Crippen LogP contribution in [0.4, 0.5) is 8.78 Å². The molecule has 4 nitrogen and oxygen atoms in total. The zero-order valence-electron chi connectivity index (χ0n) is 7.78. The second kappa shape index (κ2) is 3.15. The molecule has 2 fully saturated rings. The summed E-state index contributed by atoms with van der Waals surface area (Å²) in [6.07, 6.45) is -2.00. The first-order chi connectivity index (χ1) is 6.97. The minimum Gasteiger partial charge on any atom is -0.478 e. The number of carboxylic acid groups (broad SMARTS) is 1. The molecule has 15 heavy (non-hydrogen) atoms. The Morgan fingerprint density at radius 3 is 2.47 bits per heavy atom. The van der Waals surface area contributed by atoms with Gasteiger partial charge in [0.25, 0.3) is 12.0 Å². The molecular weight excluding hydrogens is 210 g/mol. The lowest BCUT2D eigenvalue weighted by Gasteiger charge is -2.21. The van der Waals surface area contributed by atoms with Crippen molar-refractivity contribution in [1.82, 2.24) is 0 Å². The predicted octanol–water partition coefficient (Wildman–Crippen LogP) is 1.05. The van der Waals surface area contributed by atoms with Gasteiger partial charge < -0.3 is 9.84 Å². The highest BCUT2D eigenvalue weighted by atomic mass is 19.3. The highest BCUT2D eigenvalue weighted by Crippen LogP contribution is 2.47. The molecule has 2 rings (SSSR count). The van der Waals surface area contributed by atoms with Crippen LogP contribution in [0.1, 0.15) is 19.3 Å². The largest absolute Gasteiger partial charge is 0.478 e. The maximum atomic E-state index is 12.6. The summed E-state index contributed by atoms with van der Waals surface area (Å²) in [5.41, 5.74) is -2.61. The van der Waals surface area contributed by atoms with Crippen LogP contribution in [-0.2, 0) is 14.3 Å². The van der Waals surface area contributed by atoms with Crippen molar-refractivity contribution in [3.63, 3.8) is 0 Å². The van der Waals surface area contributed by atoms with Gasteiger partial charge in [0.2, 0.25) is 0 Å². The number of carboxylic acids is 1. The van der Waals surface area contributed by atoms with Crippen LogP contribution in [0.2, 0.25) is 0 Å². The van der Waals surface area contributed by atoms with Gasteiger partial charge in [0.05, 0.1) is 5.92 Å². The SMILES string of the molecule is O=C1OC(C(=O)O)(C(F)F)CC1C1CC1. The van der Waals surface area contributed by atoms with Gasteiger partial charge in [-0.1, -0.05) is 0 Å². The number of hydrogen-bond donors (Lipinski definition) is 1. The normalized spacial score (nSPS) is 35.7. The first-order valence-electron chi connectivity index (χ1n) is 4.72. The smallest absolute Gasteiger partial charge is 0.354 e. The number of halogens is 2. The number of hydrogen-bond acceptors (Lipinski definition) is 3. The molecule has 84 valence electrons. The van der Waals surface area contributed by atoms with E-state index < -0.39 is 36.3 Å². The zero-order valence-corrected chi connectivity index (χ0v) is 7.78. The third-order valence-corrected chi connectivity index (χ3v) is 3.01. The van der Waals surface area contributed by atoms with E-state index in [9.17, 15) is 18.4 Å². The fraction of sp³-hybridized carbons (Fsp3) is 0.778. The molecule has 2 atom stereocenters. The van der Waals surface area contributed by atoms with Gasteiger partial charge in [-0.2, -0.15) is 0 Å². The number of carbonyl (C=O) groups excluding carboxylic acids is 1. The summed E-state index contributed by atoms with van der Waals surface area (Å²) < 4.78 is 29.6. The van der Waals surface area contributed by atoms with E-state index in [1.54, 1.807) is 0 Å². The molecule has 1 saturated carbocycles. The molecule has 1 aliphatic carbocycles. The van der Waals surface area contributed by atoms with Gasteiger partial charge in [-0.3, -0.25) is 4.79 Å². The Morgan fingerprint density at radius 1 is 1.53 bits per heavy atom. The van der Waals surface area contributed by atoms with Gasteiger partial charge in [-0.05, 0) is 18.8 Å². The highest BCUT2D eigenvalue weighted by molar-refractivity contribution is 5.87. The Kier molecular flexibility index (Phi) is 2.17. The van der Waals surface area contributed by atoms with Crippen molar-refractivity contribution in [2.45, 2.75) is 31.3 Å². The maximum absolute atomic E-state index is 12.6. The van der Waals surface area contributed by atoms with Crippen LogP contribution in [0.5, 0.6) is 0 Å². The van der Waals surface area contributed by atoms with E-state index in [1.165, 1.54) is 0 Å². The molecule has 1 saturated heterocycles. The minimum absolute atomic E-state index is 0.0393. The quantitative estimate of drug-likeness (QED) is 0.722. The molecule has 6 heteroatoms. The van der Waals surface area contributed by atoms with Gasteiger partial charge >= 0.3 is 11.9 Å². The highest BCUT2D eigenvalue weighted by Gasteiger charge is 2.61. The summed E-state index contributed by atoms with van der Waals surface area (Å²) in [7, 11) is 0. The third kappa shape index (κ3) is 1.48. The average molecular weight is 220 g/mol. The Balaban J connectivity index is 2.22. The lowest BCUT2D eigenvalue weighted by atomic mass is 9.91. The van der Waals surface area contributed by atoms with Gasteiger partial charge in [-0.25, -0.2) is 13.6 Å². The Morgan fingerprint density at radius 2 is 2.13 bits per heavy atom. The number of alkyl halides is 2. The molecular formula is C9H10F2O4. The van der Waals surface area contributed by atoms with Gasteiger partial charge in [0.15, 0.2) is 0 Å². The fourth-order valence-corrected chi connectivity index (χ4v) is 1.92. The van der Waals surface area contributed by atoms with Crippen LogP contribution in [-0.4, -0.2) is 29.1 Å². The van der Waals surface area contributed by atoms with Crippen molar-refractivity contribution < 1.29 is 28.2 Å². The lowest BCUT2D eigenvalue weighted by molar-refractivity contribution is -0.186. The summed E-state index contributed by atoms with van der Waals surface area (Å²) in [6, 6.07) is 0. The first kappa shape index (κ1) is 10.3. The van der Waals surface area contributed by atoms with Crippen molar-refractivity contribution in [2.24, 2.45) is 11.8 Å². The van der Waals surface area contributed by atoms with Crippen molar-refractivity contribution in [3.8, 4) is 0 Å². The number of esters is 1. The first-order valence-corrected chi connectivity index (χ1v) is 4.72. The van der Waals surface area contributed by atoms with Crippen molar-refractivity contribution in [3.05, 3.63) is 0 Å². The topological polar surface area (TPSA) is 63.6 Å². The summed E-state index contributed by atoms with van der Waals surface area (Å²) >= 11 is 0. The maximum Gasteiger partial charge on any atom is 0.354 e. The molecule has 0 radical (unpaired) electrons. The van der Waals surface area contributed by atoms with Crippen LogP contribution in [0.3, 0.4) is 0 Å². The number of carbonyl (C=O) groups is 2. The van der Waals surface area contributed by atoms with Crippen LogP contribution >= 0.6 is 0 Å². The van der Waals surface area contributed by atoms with Crippen molar-refractivity contribution in [1.29, 1.82) is 0 Å². The predicted molar refractivity (Wildman–Crippen MR) is 43.3 cm³/mol. The number of cyclic esters (lactones) is 1. The van der Waals surface area contributed by atoms with E-state index >= 15 is 0 Å². The molecule has 2 aliphatic rings. The van der Waals surface area contributed by atoms with Gasteiger partial charge in [0.1, 0.15) is 0 Å². The molecule has 2 unspecified atom stereocenters. The summed E-state index contributed by atoms with van der Waals surface area (Å²) in [5.74, 6) is -3.17. The molecule has 1 aliphatic heterocycles. The summed E-state index contributed by atoms with van der Waals surface area (Å²) in [4.78, 5) is 22.0. The molecule has 0 aromatic carbocycles. The molecule has 1 heterocycles. The monoisotopic (exact) mass is 220 g/mol. The second-order valence-corrected chi connectivity index (χ2v) is 4.06. The van der Waals surface area contributed by atoms with E-state index in [0.29, 0.717) is 0 Å². The number of rotatable bonds is 3. The summed E-state index contributed by atoms with van der Waals surface area (Å²) in [5, 5.41) is 8.71. The van der Waals surface area contributed by atoms with Crippen molar-refractivity contribution >= 4 is 11.9 Å². The van der Waals surface area contributed by atoms with Gasteiger partial charge in [0, 0.05) is 6.42 Å². The van der Waals surface area contributed by atoms with Crippen LogP contribution in [0, 0.1) is 11.8 Å². The third-order valence-electron chi connectivity index (χ3n) is 3.01. The molecule has 1 N–H and O–H groups in total. The molecule has 0 bridgehead atoms. The van der Waals surface area contributed by atoms with E-state index in [4.69, 9.17) is 5.11 Å². The minimum atomic E-state index is -3.18. The molecule has 0 spiro atoms. The van der Waals surface area contributed by atoms with E-state index in [-0.39, 0.29) is 5.92 Å². The summed E-state index contributed by atoms with van der Waals surface area (Å²) in [6.45, 7) is 0. The van der Waals surface area contributed by atoms with Crippen LogP contribution in [0.25, 0.3) is 0 Å². The van der Waals surface area contributed by atoms with Crippen LogP contribution < -0.4 is 0 Å². The number of ether oxygens (including phenoxy) is 1. The van der Waals surface area contributed by atoms with E-state index in [2.05, 4.69) is 4.74 Å². The molecule has 0 aromatic rings. The van der Waals surface area contributed by atoms with Gasteiger partial charge in [-0.15, -0.1) is 0 Å².